The highest BCUT2D eigenvalue weighted by molar-refractivity contribution is 7.80. The standard InChI is InChI=1S/C12H10N2OS/c15-11(9-14-7-5-13-6-8-14)10-3-1-2-4-12(10)16/h1-8H,9H2/p+1. The van der Waals surface area contributed by atoms with Crippen molar-refractivity contribution in [3.63, 3.8) is 0 Å². The quantitative estimate of drug-likeness (QED) is 0.494. The number of benzene rings is 1. The van der Waals surface area contributed by atoms with Crippen LogP contribution < -0.4 is 4.57 Å². The number of nitrogens with zero attached hydrogens (tertiary/aromatic N) is 2. The first-order chi connectivity index (χ1) is 7.77. The maximum Gasteiger partial charge on any atom is 0.228 e. The number of Topliss-reactive ketones (excluding diaryl/α,β-unsaturated/α-hetero) is 1. The lowest BCUT2D eigenvalue weighted by atomic mass is 10.1. The third-order valence-corrected chi connectivity index (χ3v) is 2.61. The van der Waals surface area contributed by atoms with E-state index in [4.69, 9.17) is 0 Å². The van der Waals surface area contributed by atoms with Crippen molar-refractivity contribution in [2.75, 3.05) is 0 Å². The van der Waals surface area contributed by atoms with Crippen molar-refractivity contribution in [2.24, 2.45) is 0 Å². The molecule has 4 heteroatoms. The molecule has 80 valence electrons. The number of thiol groups is 1. The lowest BCUT2D eigenvalue weighted by Gasteiger charge is -2.00. The number of carbonyl (C=O) groups is 1. The van der Waals surface area contributed by atoms with Crippen LogP contribution in [0.3, 0.4) is 0 Å². The maximum absolute atomic E-state index is 11.9. The number of carbonyl (C=O) groups excluding carboxylic acids is 1. The molecule has 0 saturated heterocycles. The third-order valence-electron chi connectivity index (χ3n) is 2.22. The van der Waals surface area contributed by atoms with Crippen molar-refractivity contribution >= 4 is 18.4 Å². The lowest BCUT2D eigenvalue weighted by molar-refractivity contribution is -0.683. The molecule has 0 N–H and O–H groups in total. The molecule has 0 radical (unpaired) electrons. The van der Waals surface area contributed by atoms with Gasteiger partial charge >= 0.3 is 0 Å². The van der Waals surface area contributed by atoms with Crippen LogP contribution in [0.4, 0.5) is 0 Å². The number of aromatic nitrogens is 2. The van der Waals surface area contributed by atoms with Crippen LogP contribution in [0.2, 0.25) is 0 Å². The van der Waals surface area contributed by atoms with Crippen molar-refractivity contribution in [1.82, 2.24) is 4.98 Å². The highest BCUT2D eigenvalue weighted by Crippen LogP contribution is 2.13. The van der Waals surface area contributed by atoms with Gasteiger partial charge in [-0.3, -0.25) is 9.78 Å². The van der Waals surface area contributed by atoms with Crippen molar-refractivity contribution < 1.29 is 9.36 Å². The molecule has 0 unspecified atom stereocenters. The largest absolute Gasteiger partial charge is 0.287 e. The monoisotopic (exact) mass is 231 g/mol. The van der Waals surface area contributed by atoms with Gasteiger partial charge in [-0.15, -0.1) is 12.6 Å². The van der Waals surface area contributed by atoms with Gasteiger partial charge in [0, 0.05) is 10.5 Å². The molecule has 3 nitrogen and oxygen atoms in total. The van der Waals surface area contributed by atoms with Gasteiger partial charge in [-0.2, -0.15) is 4.57 Å². The Labute approximate surface area is 99.2 Å². The fourth-order valence-electron chi connectivity index (χ4n) is 1.41. The molecular weight excluding hydrogens is 220 g/mol. The van der Waals surface area contributed by atoms with Crippen LogP contribution in [0.25, 0.3) is 0 Å². The van der Waals surface area contributed by atoms with Crippen LogP contribution in [0.15, 0.2) is 53.9 Å². The van der Waals surface area contributed by atoms with Crippen molar-refractivity contribution in [3.05, 3.63) is 54.6 Å². The minimum absolute atomic E-state index is 0.0433. The first kappa shape index (κ1) is 10.8. The summed E-state index contributed by atoms with van der Waals surface area (Å²) in [6, 6.07) is 7.29. The Morgan fingerprint density at radius 3 is 2.62 bits per heavy atom. The molecule has 1 heterocycles. The predicted molar refractivity (Wildman–Crippen MR) is 62.5 cm³/mol. The van der Waals surface area contributed by atoms with Crippen LogP contribution in [-0.4, -0.2) is 10.8 Å². The van der Waals surface area contributed by atoms with E-state index in [0.717, 1.165) is 0 Å². The average Bonchev–Trinajstić information content (AvgIpc) is 2.31. The van der Waals surface area contributed by atoms with Gasteiger partial charge in [-0.1, -0.05) is 18.2 Å². The summed E-state index contributed by atoms with van der Waals surface area (Å²) in [5, 5.41) is 0. The second-order valence-electron chi connectivity index (χ2n) is 3.36. The molecule has 1 aromatic heterocycles. The molecule has 0 aliphatic rings. The molecular formula is C12H11N2OS+. The van der Waals surface area contributed by atoms with E-state index in [1.54, 1.807) is 35.4 Å². The van der Waals surface area contributed by atoms with Gasteiger partial charge in [-0.25, -0.2) is 0 Å². The van der Waals surface area contributed by atoms with Crippen LogP contribution in [0.1, 0.15) is 10.4 Å². The predicted octanol–water partition coefficient (Wildman–Crippen LogP) is 1.54. The van der Waals surface area contributed by atoms with Gasteiger partial charge in [0.15, 0.2) is 12.4 Å². The average molecular weight is 231 g/mol. The van der Waals surface area contributed by atoms with Gasteiger partial charge in [0.2, 0.25) is 12.3 Å². The lowest BCUT2D eigenvalue weighted by Crippen LogP contribution is -2.37. The van der Waals surface area contributed by atoms with E-state index in [9.17, 15) is 4.79 Å². The maximum atomic E-state index is 11.9. The van der Waals surface area contributed by atoms with E-state index < -0.39 is 0 Å². The van der Waals surface area contributed by atoms with Crippen LogP contribution in [0, 0.1) is 0 Å². The summed E-state index contributed by atoms with van der Waals surface area (Å²) in [5.74, 6) is 0.0433. The zero-order chi connectivity index (χ0) is 11.4. The Bertz CT molecular complexity index is 499. The topological polar surface area (TPSA) is 33.8 Å². The Hall–Kier alpha value is -1.68. The molecule has 0 saturated carbocycles. The van der Waals surface area contributed by atoms with E-state index >= 15 is 0 Å². The van der Waals surface area contributed by atoms with E-state index in [1.165, 1.54) is 0 Å². The molecule has 0 atom stereocenters. The molecule has 16 heavy (non-hydrogen) atoms. The zero-order valence-corrected chi connectivity index (χ0v) is 9.47. The molecule has 0 spiro atoms. The molecule has 2 aromatic rings. The Morgan fingerprint density at radius 2 is 1.94 bits per heavy atom. The molecule has 0 aliphatic carbocycles. The number of ketones is 1. The van der Waals surface area contributed by atoms with E-state index in [2.05, 4.69) is 17.6 Å². The molecule has 0 fully saturated rings. The summed E-state index contributed by atoms with van der Waals surface area (Å²) in [6.45, 7) is 0.306. The SMILES string of the molecule is O=C(C[n+]1ccncc1)c1ccccc1S. The second kappa shape index (κ2) is 4.90. The number of rotatable bonds is 3. The molecule has 0 amide bonds. The fourth-order valence-corrected chi connectivity index (χ4v) is 1.70. The summed E-state index contributed by atoms with van der Waals surface area (Å²) in [7, 11) is 0. The zero-order valence-electron chi connectivity index (χ0n) is 8.58. The summed E-state index contributed by atoms with van der Waals surface area (Å²) in [5.41, 5.74) is 0.648. The van der Waals surface area contributed by atoms with Crippen molar-refractivity contribution in [2.45, 2.75) is 11.4 Å². The summed E-state index contributed by atoms with van der Waals surface area (Å²) in [4.78, 5) is 16.6. The second-order valence-corrected chi connectivity index (χ2v) is 3.84. The number of hydrogen-bond donors (Lipinski definition) is 1. The minimum Gasteiger partial charge on any atom is -0.287 e. The highest BCUT2D eigenvalue weighted by atomic mass is 32.1. The smallest absolute Gasteiger partial charge is 0.228 e. The first-order valence-electron chi connectivity index (χ1n) is 4.87. The summed E-state index contributed by atoms with van der Waals surface area (Å²) < 4.78 is 1.79. The minimum atomic E-state index is 0.0433. The summed E-state index contributed by atoms with van der Waals surface area (Å²) >= 11 is 4.26. The van der Waals surface area contributed by atoms with Crippen LogP contribution in [0.5, 0.6) is 0 Å². The van der Waals surface area contributed by atoms with Crippen molar-refractivity contribution in [3.8, 4) is 0 Å². The Balaban J connectivity index is 2.19. The molecule has 1 aromatic carbocycles. The van der Waals surface area contributed by atoms with E-state index in [1.807, 2.05) is 18.2 Å². The first-order valence-corrected chi connectivity index (χ1v) is 5.32. The van der Waals surface area contributed by atoms with E-state index in [0.29, 0.717) is 17.0 Å². The van der Waals surface area contributed by atoms with E-state index in [-0.39, 0.29) is 5.78 Å². The molecule has 0 aliphatic heterocycles. The number of hydrogen-bond acceptors (Lipinski definition) is 3. The Kier molecular flexibility index (Phi) is 3.31. The highest BCUT2D eigenvalue weighted by Gasteiger charge is 2.13. The fraction of sp³-hybridized carbons (Fsp3) is 0.0833. The molecule has 2 rings (SSSR count). The third kappa shape index (κ3) is 2.46. The van der Waals surface area contributed by atoms with Crippen molar-refractivity contribution in [1.29, 1.82) is 0 Å². The molecule has 0 bridgehead atoms. The van der Waals surface area contributed by atoms with Gasteiger partial charge in [0.05, 0.1) is 12.4 Å². The summed E-state index contributed by atoms with van der Waals surface area (Å²) in [6.07, 6.45) is 6.83. The Morgan fingerprint density at radius 1 is 1.25 bits per heavy atom. The van der Waals surface area contributed by atoms with Gasteiger partial charge < -0.3 is 0 Å². The normalized spacial score (nSPS) is 10.1. The van der Waals surface area contributed by atoms with Gasteiger partial charge in [-0.05, 0) is 6.07 Å². The van der Waals surface area contributed by atoms with Crippen LogP contribution in [-0.2, 0) is 6.54 Å². The van der Waals surface area contributed by atoms with Crippen LogP contribution >= 0.6 is 12.6 Å². The van der Waals surface area contributed by atoms with Gasteiger partial charge in [0.1, 0.15) is 0 Å². The van der Waals surface area contributed by atoms with Gasteiger partial charge in [0.25, 0.3) is 0 Å².